The molecule has 0 N–H and O–H groups in total. The summed E-state index contributed by atoms with van der Waals surface area (Å²) in [5, 5.41) is 6.73. The van der Waals surface area contributed by atoms with E-state index in [1.807, 2.05) is 0 Å². The summed E-state index contributed by atoms with van der Waals surface area (Å²) < 4.78 is 6.95. The number of nitrogens with zero attached hydrogens (tertiary/aromatic N) is 2. The molecule has 79 heavy (non-hydrogen) atoms. The number of fused-ring (bicyclic) bond motifs is 5. The van der Waals surface area contributed by atoms with Gasteiger partial charge in [0.05, 0.1) is 11.4 Å². The molecular weight excluding hydrogens is 957 g/mol. The summed E-state index contributed by atoms with van der Waals surface area (Å²) in [7, 11) is 0. The normalized spacial score (nSPS) is 11.9. The number of anilines is 6. The van der Waals surface area contributed by atoms with E-state index in [9.17, 15) is 0 Å². The molecule has 3 nitrogen and oxygen atoms in total. The maximum atomic E-state index is 6.95. The third-order valence-electron chi connectivity index (χ3n) is 15.7. The van der Waals surface area contributed by atoms with Crippen LogP contribution in [0.25, 0.3) is 88.0 Å². The molecule has 0 saturated heterocycles. The zero-order valence-electron chi connectivity index (χ0n) is 45.7. The number of benzene rings is 12. The van der Waals surface area contributed by atoms with Crippen molar-refractivity contribution < 1.29 is 4.42 Å². The summed E-state index contributed by atoms with van der Waals surface area (Å²) in [5.41, 5.74) is 20.1. The van der Waals surface area contributed by atoms with Crippen LogP contribution in [0.2, 0.25) is 0 Å². The zero-order chi connectivity index (χ0) is 53.8. The molecule has 0 amide bonds. The highest BCUT2D eigenvalue weighted by Gasteiger charge is 2.25. The van der Waals surface area contributed by atoms with Gasteiger partial charge in [-0.25, -0.2) is 0 Å². The van der Waals surface area contributed by atoms with Crippen LogP contribution >= 0.6 is 0 Å². The molecule has 3 heteroatoms. The minimum Gasteiger partial charge on any atom is -0.456 e. The smallest absolute Gasteiger partial charge is 0.136 e. The molecule has 0 saturated carbocycles. The second kappa shape index (κ2) is 19.8. The number of furan rings is 1. The predicted molar refractivity (Wildman–Crippen MR) is 337 cm³/mol. The Kier molecular flexibility index (Phi) is 12.4. The van der Waals surface area contributed by atoms with Gasteiger partial charge in [0, 0.05) is 44.6 Å². The lowest BCUT2D eigenvalue weighted by molar-refractivity contribution is 0.590. The van der Waals surface area contributed by atoms with Crippen LogP contribution in [0.3, 0.4) is 0 Å². The van der Waals surface area contributed by atoms with E-state index in [4.69, 9.17) is 4.42 Å². The monoisotopic (exact) mass is 1020 g/mol. The van der Waals surface area contributed by atoms with Gasteiger partial charge in [0.2, 0.25) is 0 Å². The van der Waals surface area contributed by atoms with E-state index in [-0.39, 0.29) is 10.8 Å². The Bertz CT molecular complexity index is 4060. The molecule has 0 spiro atoms. The van der Waals surface area contributed by atoms with Gasteiger partial charge in [0.25, 0.3) is 0 Å². The van der Waals surface area contributed by atoms with E-state index in [1.165, 1.54) is 55.6 Å². The Morgan fingerprint density at radius 1 is 0.266 bits per heavy atom. The van der Waals surface area contributed by atoms with Crippen LogP contribution in [0.1, 0.15) is 52.7 Å². The van der Waals surface area contributed by atoms with Crippen molar-refractivity contribution in [1.82, 2.24) is 0 Å². The third-order valence-corrected chi connectivity index (χ3v) is 15.7. The fraction of sp³-hybridized carbons (Fsp3) is 0.105. The summed E-state index contributed by atoms with van der Waals surface area (Å²) >= 11 is 0. The van der Waals surface area contributed by atoms with Crippen LogP contribution in [-0.2, 0) is 10.8 Å². The molecule has 0 atom stereocenters. The summed E-state index contributed by atoms with van der Waals surface area (Å²) in [6.07, 6.45) is 0. The summed E-state index contributed by atoms with van der Waals surface area (Å²) in [4.78, 5) is 4.87. The van der Waals surface area contributed by atoms with Crippen molar-refractivity contribution in [3.63, 3.8) is 0 Å². The molecule has 0 fully saturated rings. The first kappa shape index (κ1) is 49.2. The Balaban J connectivity index is 0.943. The van der Waals surface area contributed by atoms with Crippen molar-refractivity contribution >= 4 is 77.6 Å². The molecule has 0 aliphatic carbocycles. The lowest BCUT2D eigenvalue weighted by atomic mass is 9.85. The number of rotatable bonds is 10. The van der Waals surface area contributed by atoms with Gasteiger partial charge in [-0.3, -0.25) is 0 Å². The largest absolute Gasteiger partial charge is 0.456 e. The van der Waals surface area contributed by atoms with Crippen molar-refractivity contribution in [2.45, 2.75) is 52.4 Å². The van der Waals surface area contributed by atoms with Crippen molar-refractivity contribution in [3.05, 3.63) is 278 Å². The first-order valence-electron chi connectivity index (χ1n) is 27.5. The number of hydrogen-bond donors (Lipinski definition) is 0. The average Bonchev–Trinajstić information content (AvgIpc) is 4.13. The van der Waals surface area contributed by atoms with Gasteiger partial charge >= 0.3 is 0 Å². The molecule has 382 valence electrons. The van der Waals surface area contributed by atoms with Gasteiger partial charge < -0.3 is 14.2 Å². The van der Waals surface area contributed by atoms with Crippen molar-refractivity contribution in [1.29, 1.82) is 0 Å². The van der Waals surface area contributed by atoms with Gasteiger partial charge in [-0.1, -0.05) is 224 Å². The standard InChI is InChI=1S/C76H62N2O/c1-75(2,3)61-33-41-67(55-23-15-9-16-24-55)71(49-61)77(63-35-27-53(28-36-63)51-19-11-7-12-20-51)65-39-31-57-45-69-70-46-58-32-40-66(44-60(58)48-74(70)79-73(69)47-59(57)43-65)78(64-37-29-54(30-38-64)52-21-13-8-14-22-52)72-50-62(76(4,5)6)34-42-68(72)56-25-17-10-18-26-56/h7-50H,1-6H3. The van der Waals surface area contributed by atoms with E-state index >= 15 is 0 Å². The number of hydrogen-bond acceptors (Lipinski definition) is 3. The molecule has 1 heterocycles. The third kappa shape index (κ3) is 9.53. The predicted octanol–water partition coefficient (Wildman–Crippen LogP) is 22.1. The first-order valence-corrected chi connectivity index (χ1v) is 27.5. The van der Waals surface area contributed by atoms with Gasteiger partial charge in [0.1, 0.15) is 11.2 Å². The molecule has 0 bridgehead atoms. The molecule has 0 aliphatic heterocycles. The van der Waals surface area contributed by atoms with Crippen molar-refractivity contribution in [3.8, 4) is 44.5 Å². The topological polar surface area (TPSA) is 19.6 Å². The molecule has 13 aromatic rings. The van der Waals surface area contributed by atoms with Crippen LogP contribution in [0.5, 0.6) is 0 Å². The molecule has 0 unspecified atom stereocenters. The summed E-state index contributed by atoms with van der Waals surface area (Å²) in [5.74, 6) is 0. The van der Waals surface area contributed by atoms with E-state index in [1.54, 1.807) is 0 Å². The van der Waals surface area contributed by atoms with E-state index in [0.717, 1.165) is 77.6 Å². The van der Waals surface area contributed by atoms with Gasteiger partial charge in [0.15, 0.2) is 0 Å². The highest BCUT2D eigenvalue weighted by molar-refractivity contribution is 6.14. The first-order chi connectivity index (χ1) is 38.4. The van der Waals surface area contributed by atoms with E-state index in [0.29, 0.717) is 0 Å². The lowest BCUT2D eigenvalue weighted by Gasteiger charge is -2.30. The fourth-order valence-electron chi connectivity index (χ4n) is 11.3. The molecule has 0 radical (unpaired) electrons. The maximum Gasteiger partial charge on any atom is 0.136 e. The van der Waals surface area contributed by atoms with Gasteiger partial charge in [-0.2, -0.15) is 0 Å². The minimum atomic E-state index is -0.0616. The molecule has 12 aromatic carbocycles. The van der Waals surface area contributed by atoms with Gasteiger partial charge in [-0.15, -0.1) is 0 Å². The highest BCUT2D eigenvalue weighted by atomic mass is 16.3. The summed E-state index contributed by atoms with van der Waals surface area (Å²) in [6.45, 7) is 13.7. The quantitative estimate of drug-likeness (QED) is 0.136. The van der Waals surface area contributed by atoms with Crippen LogP contribution in [0, 0.1) is 0 Å². The molecule has 13 rings (SSSR count). The van der Waals surface area contributed by atoms with Crippen LogP contribution in [-0.4, -0.2) is 0 Å². The minimum absolute atomic E-state index is 0.0616. The SMILES string of the molecule is CC(C)(C)c1ccc(-c2ccccc2)c(N(c2ccc(-c3ccccc3)cc2)c2ccc3cc4c(cc3c2)oc2cc3cc(N(c5ccc(-c6ccccc6)cc5)c5cc(C(C)(C)C)ccc5-c5ccccc5)ccc3cc24)c1. The Labute approximate surface area is 464 Å². The van der Waals surface area contributed by atoms with E-state index < -0.39 is 0 Å². The van der Waals surface area contributed by atoms with Gasteiger partial charge in [-0.05, 0) is 162 Å². The second-order valence-electron chi connectivity index (χ2n) is 23.1. The molecule has 1 aromatic heterocycles. The fourth-order valence-corrected chi connectivity index (χ4v) is 11.3. The highest BCUT2D eigenvalue weighted by Crippen LogP contribution is 2.47. The summed E-state index contributed by atoms with van der Waals surface area (Å²) in [6, 6.07) is 97.6. The Hall–Kier alpha value is -9.44. The van der Waals surface area contributed by atoms with Crippen LogP contribution in [0.4, 0.5) is 34.1 Å². The van der Waals surface area contributed by atoms with Crippen LogP contribution < -0.4 is 9.80 Å². The molecule has 0 aliphatic rings. The Morgan fingerprint density at radius 2 is 0.595 bits per heavy atom. The second-order valence-corrected chi connectivity index (χ2v) is 23.1. The van der Waals surface area contributed by atoms with E-state index in [2.05, 4.69) is 318 Å². The maximum absolute atomic E-state index is 6.95. The average molecular weight is 1020 g/mol. The van der Waals surface area contributed by atoms with Crippen LogP contribution in [0.15, 0.2) is 271 Å². The van der Waals surface area contributed by atoms with Crippen molar-refractivity contribution in [2.24, 2.45) is 0 Å². The Morgan fingerprint density at radius 3 is 0.949 bits per heavy atom. The zero-order valence-corrected chi connectivity index (χ0v) is 45.7. The molecular formula is C76H62N2O. The van der Waals surface area contributed by atoms with Crippen molar-refractivity contribution in [2.75, 3.05) is 9.80 Å². The lowest BCUT2D eigenvalue weighted by Crippen LogP contribution is -2.15.